The van der Waals surface area contributed by atoms with Gasteiger partial charge in [0.1, 0.15) is 5.75 Å². The van der Waals surface area contributed by atoms with Crippen molar-refractivity contribution >= 4 is 15.7 Å². The van der Waals surface area contributed by atoms with Crippen LogP contribution in [0.15, 0.2) is 53.4 Å². The Morgan fingerprint density at radius 2 is 1.57 bits per heavy atom. The number of hydrogen-bond acceptors (Lipinski definition) is 3. The number of rotatable bonds is 5. The summed E-state index contributed by atoms with van der Waals surface area (Å²) in [5.74, 6) is 0.105. The Labute approximate surface area is 125 Å². The summed E-state index contributed by atoms with van der Waals surface area (Å²) in [4.78, 5) is 0.262. The van der Waals surface area contributed by atoms with Gasteiger partial charge in [-0.05, 0) is 48.4 Å². The standard InChI is InChI=1S/C16H19NO3S/c1-3-4-13-5-11-16(12-6-13)21(19,20)17(2)14-7-9-15(18)10-8-14/h5-12,18H,3-4H2,1-2H3. The van der Waals surface area contributed by atoms with E-state index in [1.165, 1.54) is 23.5 Å². The highest BCUT2D eigenvalue weighted by Gasteiger charge is 2.21. The van der Waals surface area contributed by atoms with E-state index in [0.717, 1.165) is 18.4 Å². The highest BCUT2D eigenvalue weighted by Crippen LogP contribution is 2.24. The van der Waals surface area contributed by atoms with Crippen molar-refractivity contribution in [3.8, 4) is 5.75 Å². The molecule has 2 rings (SSSR count). The lowest BCUT2D eigenvalue weighted by Gasteiger charge is -2.19. The summed E-state index contributed by atoms with van der Waals surface area (Å²) in [6.07, 6.45) is 1.97. The largest absolute Gasteiger partial charge is 0.508 e. The van der Waals surface area contributed by atoms with Crippen LogP contribution in [-0.2, 0) is 16.4 Å². The summed E-state index contributed by atoms with van der Waals surface area (Å²) in [5.41, 5.74) is 1.63. The molecule has 0 atom stereocenters. The van der Waals surface area contributed by atoms with Crippen LogP contribution in [0.4, 0.5) is 5.69 Å². The van der Waals surface area contributed by atoms with E-state index in [4.69, 9.17) is 0 Å². The van der Waals surface area contributed by atoms with Crippen molar-refractivity contribution in [1.82, 2.24) is 0 Å². The average Bonchev–Trinajstić information content (AvgIpc) is 2.48. The van der Waals surface area contributed by atoms with Crippen molar-refractivity contribution in [2.45, 2.75) is 24.7 Å². The minimum absolute atomic E-state index is 0.105. The molecule has 2 aromatic carbocycles. The van der Waals surface area contributed by atoms with E-state index < -0.39 is 10.0 Å². The Morgan fingerprint density at radius 1 is 1.00 bits per heavy atom. The van der Waals surface area contributed by atoms with Crippen LogP contribution in [0.3, 0.4) is 0 Å². The predicted octanol–water partition coefficient (Wildman–Crippen LogP) is 3.17. The number of aryl methyl sites for hydroxylation is 1. The van der Waals surface area contributed by atoms with Crippen molar-refractivity contribution in [1.29, 1.82) is 0 Å². The van der Waals surface area contributed by atoms with Crippen LogP contribution in [0.2, 0.25) is 0 Å². The highest BCUT2D eigenvalue weighted by atomic mass is 32.2. The molecule has 0 amide bonds. The van der Waals surface area contributed by atoms with Gasteiger partial charge < -0.3 is 5.11 Å². The fourth-order valence-corrected chi connectivity index (χ4v) is 3.27. The lowest BCUT2D eigenvalue weighted by molar-refractivity contribution is 0.475. The number of sulfonamides is 1. The zero-order chi connectivity index (χ0) is 15.5. The molecule has 0 radical (unpaired) electrons. The van der Waals surface area contributed by atoms with Gasteiger partial charge in [-0.1, -0.05) is 25.5 Å². The molecule has 0 spiro atoms. The topological polar surface area (TPSA) is 57.6 Å². The first-order valence-electron chi connectivity index (χ1n) is 6.82. The lowest BCUT2D eigenvalue weighted by Crippen LogP contribution is -2.26. The second-order valence-corrected chi connectivity index (χ2v) is 6.85. The third kappa shape index (κ3) is 3.36. The molecular formula is C16H19NO3S. The monoisotopic (exact) mass is 305 g/mol. The van der Waals surface area contributed by atoms with E-state index in [2.05, 4.69) is 6.92 Å². The van der Waals surface area contributed by atoms with E-state index in [0.29, 0.717) is 5.69 Å². The number of phenolic OH excluding ortho intramolecular Hbond substituents is 1. The Hall–Kier alpha value is -2.01. The van der Waals surface area contributed by atoms with Gasteiger partial charge in [-0.2, -0.15) is 0 Å². The first-order chi connectivity index (χ1) is 9.95. The number of benzene rings is 2. The molecule has 0 heterocycles. The molecule has 0 saturated heterocycles. The van der Waals surface area contributed by atoms with Gasteiger partial charge in [-0.3, -0.25) is 4.31 Å². The third-order valence-electron chi connectivity index (χ3n) is 3.33. The number of anilines is 1. The molecule has 0 fully saturated rings. The number of nitrogens with zero attached hydrogens (tertiary/aromatic N) is 1. The summed E-state index contributed by atoms with van der Waals surface area (Å²) in [6, 6.07) is 13.0. The smallest absolute Gasteiger partial charge is 0.264 e. The molecule has 0 aliphatic carbocycles. The molecule has 5 heteroatoms. The first-order valence-corrected chi connectivity index (χ1v) is 8.26. The maximum Gasteiger partial charge on any atom is 0.264 e. The molecule has 4 nitrogen and oxygen atoms in total. The number of aromatic hydroxyl groups is 1. The van der Waals surface area contributed by atoms with Gasteiger partial charge in [0, 0.05) is 7.05 Å². The quantitative estimate of drug-likeness (QED) is 0.923. The lowest BCUT2D eigenvalue weighted by atomic mass is 10.1. The molecule has 2 aromatic rings. The van der Waals surface area contributed by atoms with Crippen LogP contribution in [0.1, 0.15) is 18.9 Å². The van der Waals surface area contributed by atoms with Crippen LogP contribution in [-0.4, -0.2) is 20.6 Å². The Kier molecular flexibility index (Phi) is 4.53. The van der Waals surface area contributed by atoms with Crippen molar-refractivity contribution < 1.29 is 13.5 Å². The number of phenols is 1. The van der Waals surface area contributed by atoms with Gasteiger partial charge in [-0.25, -0.2) is 8.42 Å². The Bertz CT molecular complexity index is 691. The fraction of sp³-hybridized carbons (Fsp3) is 0.250. The van der Waals surface area contributed by atoms with E-state index in [1.54, 1.807) is 24.3 Å². The fourth-order valence-electron chi connectivity index (χ4n) is 2.08. The van der Waals surface area contributed by atoms with E-state index in [9.17, 15) is 13.5 Å². The molecule has 21 heavy (non-hydrogen) atoms. The van der Waals surface area contributed by atoms with Gasteiger partial charge in [0.25, 0.3) is 10.0 Å². The highest BCUT2D eigenvalue weighted by molar-refractivity contribution is 7.92. The SMILES string of the molecule is CCCc1ccc(S(=O)(=O)N(C)c2ccc(O)cc2)cc1. The number of hydrogen-bond donors (Lipinski definition) is 1. The maximum atomic E-state index is 12.6. The molecule has 0 aromatic heterocycles. The zero-order valence-electron chi connectivity index (χ0n) is 12.2. The molecule has 0 unspecified atom stereocenters. The average molecular weight is 305 g/mol. The summed E-state index contributed by atoms with van der Waals surface area (Å²) < 4.78 is 26.3. The summed E-state index contributed by atoms with van der Waals surface area (Å²) in [5, 5.41) is 9.27. The van der Waals surface area contributed by atoms with Gasteiger partial charge in [0.15, 0.2) is 0 Å². The normalized spacial score (nSPS) is 11.3. The van der Waals surface area contributed by atoms with Crippen LogP contribution in [0, 0.1) is 0 Å². The van der Waals surface area contributed by atoms with Gasteiger partial charge in [0.2, 0.25) is 0 Å². The van der Waals surface area contributed by atoms with Crippen molar-refractivity contribution in [3.63, 3.8) is 0 Å². The van der Waals surface area contributed by atoms with Crippen molar-refractivity contribution in [2.75, 3.05) is 11.4 Å². The molecule has 0 aliphatic heterocycles. The van der Waals surface area contributed by atoms with Gasteiger partial charge >= 0.3 is 0 Å². The van der Waals surface area contributed by atoms with Crippen LogP contribution in [0.25, 0.3) is 0 Å². The van der Waals surface area contributed by atoms with E-state index in [-0.39, 0.29) is 10.6 Å². The van der Waals surface area contributed by atoms with E-state index in [1.807, 2.05) is 12.1 Å². The van der Waals surface area contributed by atoms with Crippen LogP contribution < -0.4 is 4.31 Å². The molecule has 0 aliphatic rings. The molecular weight excluding hydrogens is 286 g/mol. The molecule has 112 valence electrons. The maximum absolute atomic E-state index is 12.6. The Morgan fingerprint density at radius 3 is 2.10 bits per heavy atom. The van der Waals surface area contributed by atoms with Gasteiger partial charge in [-0.15, -0.1) is 0 Å². The predicted molar refractivity (Wildman–Crippen MR) is 84.1 cm³/mol. The van der Waals surface area contributed by atoms with E-state index >= 15 is 0 Å². The van der Waals surface area contributed by atoms with Crippen molar-refractivity contribution in [3.05, 3.63) is 54.1 Å². The van der Waals surface area contributed by atoms with Crippen LogP contribution in [0.5, 0.6) is 5.75 Å². The summed E-state index contributed by atoms with van der Waals surface area (Å²) in [6.45, 7) is 2.09. The van der Waals surface area contributed by atoms with Gasteiger partial charge in [0.05, 0.1) is 10.6 Å². The second kappa shape index (κ2) is 6.18. The minimum atomic E-state index is -3.58. The second-order valence-electron chi connectivity index (χ2n) is 4.88. The zero-order valence-corrected chi connectivity index (χ0v) is 13.0. The third-order valence-corrected chi connectivity index (χ3v) is 5.13. The van der Waals surface area contributed by atoms with Crippen molar-refractivity contribution in [2.24, 2.45) is 0 Å². The molecule has 1 N–H and O–H groups in total. The minimum Gasteiger partial charge on any atom is -0.508 e. The van der Waals surface area contributed by atoms with Crippen LogP contribution >= 0.6 is 0 Å². The molecule has 0 saturated carbocycles. The summed E-state index contributed by atoms with van der Waals surface area (Å²) in [7, 11) is -2.08. The first kappa shape index (κ1) is 15.4. The summed E-state index contributed by atoms with van der Waals surface area (Å²) >= 11 is 0. The Balaban J connectivity index is 2.30. The molecule has 0 bridgehead atoms.